The summed E-state index contributed by atoms with van der Waals surface area (Å²) >= 11 is 1.17. The fourth-order valence-corrected chi connectivity index (χ4v) is 5.60. The molecular formula is C28H22N2O4S2. The third-order valence-electron chi connectivity index (χ3n) is 5.57. The van der Waals surface area contributed by atoms with E-state index in [1.54, 1.807) is 67.6 Å². The Morgan fingerprint density at radius 2 is 1.67 bits per heavy atom. The van der Waals surface area contributed by atoms with Crippen molar-refractivity contribution in [2.45, 2.75) is 18.2 Å². The molecule has 8 heteroatoms. The van der Waals surface area contributed by atoms with Gasteiger partial charge in [0.1, 0.15) is 0 Å². The van der Waals surface area contributed by atoms with Gasteiger partial charge >= 0.3 is 0 Å². The molecule has 0 spiro atoms. The Morgan fingerprint density at radius 1 is 0.944 bits per heavy atom. The number of hydrogen-bond donors (Lipinski definition) is 1. The van der Waals surface area contributed by atoms with Crippen LogP contribution in [0, 0.1) is 11.3 Å². The van der Waals surface area contributed by atoms with E-state index < -0.39 is 9.84 Å². The fraction of sp³-hybridized carbons (Fsp3) is 0.107. The lowest BCUT2D eigenvalue weighted by Gasteiger charge is -2.05. The van der Waals surface area contributed by atoms with Crippen molar-refractivity contribution in [1.82, 2.24) is 0 Å². The van der Waals surface area contributed by atoms with Crippen molar-refractivity contribution in [1.29, 1.82) is 5.26 Å². The van der Waals surface area contributed by atoms with E-state index in [-0.39, 0.29) is 28.8 Å². The highest BCUT2D eigenvalue weighted by molar-refractivity contribution is 7.91. The van der Waals surface area contributed by atoms with E-state index in [2.05, 4.69) is 11.4 Å². The maximum absolute atomic E-state index is 13.3. The Balaban J connectivity index is 1.61. The van der Waals surface area contributed by atoms with Gasteiger partial charge in [0.05, 0.1) is 38.6 Å². The molecule has 0 bridgehead atoms. The van der Waals surface area contributed by atoms with Gasteiger partial charge in [0, 0.05) is 11.1 Å². The minimum atomic E-state index is -3.31. The van der Waals surface area contributed by atoms with Crippen molar-refractivity contribution in [3.05, 3.63) is 106 Å². The quantitative estimate of drug-likeness (QED) is 0.313. The average molecular weight is 515 g/mol. The van der Waals surface area contributed by atoms with Gasteiger partial charge in [0.25, 0.3) is 0 Å². The maximum atomic E-state index is 13.3. The van der Waals surface area contributed by atoms with Gasteiger partial charge in [0.15, 0.2) is 9.84 Å². The first-order valence-corrected chi connectivity index (χ1v) is 13.6. The summed E-state index contributed by atoms with van der Waals surface area (Å²) in [5.74, 6) is -0.459. The van der Waals surface area contributed by atoms with Crippen LogP contribution in [0.3, 0.4) is 0 Å². The minimum absolute atomic E-state index is 0.00878. The van der Waals surface area contributed by atoms with E-state index in [1.165, 1.54) is 23.5 Å². The summed E-state index contributed by atoms with van der Waals surface area (Å²) in [6.07, 6.45) is 0.0472. The lowest BCUT2D eigenvalue weighted by atomic mass is 10.0. The standard InChI is InChI=1S/C28H22N2O4S2/c1-2-36(33,34)23-13-11-19(12-14-23)16-25(31)30-26-17-24(22-10-6-7-20(15-22)18-29)28(35-26)27(32)21-8-4-3-5-9-21/h3-15,17H,2,16H2,1H3,(H,30,31). The summed E-state index contributed by atoms with van der Waals surface area (Å²) in [7, 11) is -3.31. The van der Waals surface area contributed by atoms with Crippen molar-refractivity contribution in [2.75, 3.05) is 11.1 Å². The molecule has 180 valence electrons. The number of carbonyl (C=O) groups excluding carboxylic acids is 2. The van der Waals surface area contributed by atoms with Crippen LogP contribution in [-0.4, -0.2) is 25.9 Å². The number of nitriles is 1. The molecule has 4 aromatic rings. The summed E-state index contributed by atoms with van der Waals surface area (Å²) in [5, 5.41) is 12.7. The van der Waals surface area contributed by atoms with Gasteiger partial charge in [-0.15, -0.1) is 11.3 Å². The smallest absolute Gasteiger partial charge is 0.229 e. The van der Waals surface area contributed by atoms with E-state index in [0.29, 0.717) is 37.7 Å². The van der Waals surface area contributed by atoms with Crippen LogP contribution in [0.2, 0.25) is 0 Å². The first-order valence-electron chi connectivity index (χ1n) is 11.2. The molecule has 1 heterocycles. The molecule has 0 aliphatic carbocycles. The maximum Gasteiger partial charge on any atom is 0.229 e. The molecule has 0 aliphatic heterocycles. The lowest BCUT2D eigenvalue weighted by Crippen LogP contribution is -2.13. The summed E-state index contributed by atoms with van der Waals surface area (Å²) in [5.41, 5.74) is 3.00. The van der Waals surface area contributed by atoms with Crippen molar-refractivity contribution in [3.63, 3.8) is 0 Å². The second kappa shape index (κ2) is 10.7. The molecule has 6 nitrogen and oxygen atoms in total. The van der Waals surface area contributed by atoms with Crippen LogP contribution in [0.25, 0.3) is 11.1 Å². The molecule has 1 amide bonds. The van der Waals surface area contributed by atoms with Gasteiger partial charge in [-0.3, -0.25) is 9.59 Å². The highest BCUT2D eigenvalue weighted by Gasteiger charge is 2.20. The highest BCUT2D eigenvalue weighted by Crippen LogP contribution is 2.37. The fourth-order valence-electron chi connectivity index (χ4n) is 3.66. The summed E-state index contributed by atoms with van der Waals surface area (Å²) in [6, 6.07) is 26.0. The predicted octanol–water partition coefficient (Wildman–Crippen LogP) is 5.49. The second-order valence-corrected chi connectivity index (χ2v) is 11.3. The summed E-state index contributed by atoms with van der Waals surface area (Å²) in [4.78, 5) is 26.8. The van der Waals surface area contributed by atoms with E-state index in [0.717, 1.165) is 0 Å². The van der Waals surface area contributed by atoms with E-state index in [1.807, 2.05) is 12.1 Å². The predicted molar refractivity (Wildman–Crippen MR) is 141 cm³/mol. The largest absolute Gasteiger partial charge is 0.317 e. The molecule has 0 saturated carbocycles. The molecule has 0 radical (unpaired) electrons. The number of hydrogen-bond acceptors (Lipinski definition) is 6. The molecule has 1 N–H and O–H groups in total. The van der Waals surface area contributed by atoms with Crippen LogP contribution >= 0.6 is 11.3 Å². The topological polar surface area (TPSA) is 104 Å². The zero-order valence-corrected chi connectivity index (χ0v) is 21.0. The zero-order chi connectivity index (χ0) is 25.7. The molecule has 4 rings (SSSR count). The van der Waals surface area contributed by atoms with Crippen molar-refractivity contribution in [3.8, 4) is 17.2 Å². The van der Waals surface area contributed by atoms with Crippen LogP contribution < -0.4 is 5.32 Å². The molecule has 0 atom stereocenters. The molecule has 0 fully saturated rings. The Morgan fingerprint density at radius 3 is 2.33 bits per heavy atom. The Kier molecular flexibility index (Phi) is 7.44. The number of nitrogens with one attached hydrogen (secondary N) is 1. The number of benzene rings is 3. The Bertz CT molecular complexity index is 1570. The third-order valence-corrected chi connectivity index (χ3v) is 8.37. The SMILES string of the molecule is CCS(=O)(=O)c1ccc(CC(=O)Nc2cc(-c3cccc(C#N)c3)c(C(=O)c3ccccc3)s2)cc1. The number of amides is 1. The first kappa shape index (κ1) is 25.0. The molecular weight excluding hydrogens is 492 g/mol. The number of ketones is 1. The van der Waals surface area contributed by atoms with Gasteiger partial charge in [-0.25, -0.2) is 8.42 Å². The number of sulfone groups is 1. The van der Waals surface area contributed by atoms with Gasteiger partial charge in [-0.2, -0.15) is 5.26 Å². The molecule has 0 saturated heterocycles. The lowest BCUT2D eigenvalue weighted by molar-refractivity contribution is -0.115. The molecule has 36 heavy (non-hydrogen) atoms. The van der Waals surface area contributed by atoms with E-state index in [9.17, 15) is 23.3 Å². The monoisotopic (exact) mass is 514 g/mol. The average Bonchev–Trinajstić information content (AvgIpc) is 3.32. The molecule has 3 aromatic carbocycles. The number of nitrogens with zero attached hydrogens (tertiary/aromatic N) is 1. The van der Waals surface area contributed by atoms with Crippen LogP contribution in [-0.2, 0) is 21.1 Å². The van der Waals surface area contributed by atoms with Gasteiger partial charge in [-0.05, 0) is 41.5 Å². The summed E-state index contributed by atoms with van der Waals surface area (Å²) in [6.45, 7) is 1.58. The Labute approximate surface area is 213 Å². The number of anilines is 1. The van der Waals surface area contributed by atoms with Gasteiger partial charge < -0.3 is 5.32 Å². The minimum Gasteiger partial charge on any atom is -0.317 e. The summed E-state index contributed by atoms with van der Waals surface area (Å²) < 4.78 is 24.0. The Hall–Kier alpha value is -4.06. The van der Waals surface area contributed by atoms with E-state index >= 15 is 0 Å². The first-order chi connectivity index (χ1) is 17.3. The van der Waals surface area contributed by atoms with Gasteiger partial charge in [-0.1, -0.05) is 61.5 Å². The number of rotatable bonds is 8. The van der Waals surface area contributed by atoms with Crippen LogP contribution in [0.15, 0.2) is 89.8 Å². The number of thiophene rings is 1. The third kappa shape index (κ3) is 5.60. The normalized spacial score (nSPS) is 11.0. The van der Waals surface area contributed by atoms with Gasteiger partial charge in [0.2, 0.25) is 11.7 Å². The highest BCUT2D eigenvalue weighted by atomic mass is 32.2. The molecule has 0 unspecified atom stereocenters. The second-order valence-electron chi connectivity index (χ2n) is 8.01. The van der Waals surface area contributed by atoms with E-state index in [4.69, 9.17) is 0 Å². The van der Waals surface area contributed by atoms with Crippen molar-refractivity contribution < 1.29 is 18.0 Å². The molecule has 0 aliphatic rings. The number of carbonyl (C=O) groups is 2. The van der Waals surface area contributed by atoms with Crippen LogP contribution in [0.1, 0.15) is 33.3 Å². The molecule has 1 aromatic heterocycles. The van der Waals surface area contributed by atoms with Crippen LogP contribution in [0.5, 0.6) is 0 Å². The van der Waals surface area contributed by atoms with Crippen LogP contribution in [0.4, 0.5) is 5.00 Å². The van der Waals surface area contributed by atoms with Crippen molar-refractivity contribution in [2.24, 2.45) is 0 Å². The van der Waals surface area contributed by atoms with Crippen molar-refractivity contribution >= 4 is 37.9 Å². The zero-order valence-electron chi connectivity index (χ0n) is 19.4.